The fraction of sp³-hybridized carbons (Fsp3) is 0.417. The second-order valence-corrected chi connectivity index (χ2v) is 5.05. The summed E-state index contributed by atoms with van der Waals surface area (Å²) in [6.45, 7) is 2.88. The Balaban J connectivity index is 2.50. The molecule has 17 heavy (non-hydrogen) atoms. The van der Waals surface area contributed by atoms with Gasteiger partial charge in [0.15, 0.2) is 0 Å². The lowest BCUT2D eigenvalue weighted by Crippen LogP contribution is -2.38. The lowest BCUT2D eigenvalue weighted by molar-refractivity contribution is 0.190. The van der Waals surface area contributed by atoms with Crippen LogP contribution in [-0.4, -0.2) is 36.2 Å². The van der Waals surface area contributed by atoms with Gasteiger partial charge in [0.2, 0.25) is 0 Å². The van der Waals surface area contributed by atoms with Gasteiger partial charge in [0, 0.05) is 23.7 Å². The van der Waals surface area contributed by atoms with E-state index < -0.39 is 0 Å². The molecule has 0 saturated heterocycles. The molecule has 0 radical (unpaired) electrons. The van der Waals surface area contributed by atoms with E-state index in [0.717, 1.165) is 5.56 Å². The van der Waals surface area contributed by atoms with Crippen LogP contribution in [0.5, 0.6) is 0 Å². The number of nitrogens with one attached hydrogen (secondary N) is 1. The minimum absolute atomic E-state index is 0.0213. The van der Waals surface area contributed by atoms with E-state index in [4.69, 9.17) is 5.11 Å². The van der Waals surface area contributed by atoms with Gasteiger partial charge in [0.25, 0.3) is 0 Å². The maximum Gasteiger partial charge on any atom is 0.317 e. The zero-order valence-electron chi connectivity index (χ0n) is 10.0. The Morgan fingerprint density at radius 1 is 1.53 bits per heavy atom. The van der Waals surface area contributed by atoms with Crippen molar-refractivity contribution in [2.75, 3.05) is 20.2 Å². The molecule has 2 amide bonds. The first kappa shape index (κ1) is 14.2. The summed E-state index contributed by atoms with van der Waals surface area (Å²) in [5, 5.41) is 11.5. The van der Waals surface area contributed by atoms with Crippen molar-refractivity contribution < 1.29 is 9.90 Å². The first-order valence-electron chi connectivity index (χ1n) is 5.39. The molecule has 1 aromatic carbocycles. The van der Waals surface area contributed by atoms with Gasteiger partial charge in [0.05, 0.1) is 6.61 Å². The lowest BCUT2D eigenvalue weighted by Gasteiger charge is -2.16. The van der Waals surface area contributed by atoms with Crippen molar-refractivity contribution in [3.8, 4) is 0 Å². The Bertz CT molecular complexity index is 396. The lowest BCUT2D eigenvalue weighted by atomic mass is 10.1. The number of aryl methyl sites for hydroxylation is 1. The van der Waals surface area contributed by atoms with Gasteiger partial charge in [-0.15, -0.1) is 0 Å². The van der Waals surface area contributed by atoms with Crippen LogP contribution in [0.1, 0.15) is 11.1 Å². The highest BCUT2D eigenvalue weighted by Gasteiger charge is 2.06. The predicted octanol–water partition coefficient (Wildman–Crippen LogP) is 1.73. The second-order valence-electron chi connectivity index (χ2n) is 3.89. The van der Waals surface area contributed by atoms with Gasteiger partial charge >= 0.3 is 6.03 Å². The molecule has 2 N–H and O–H groups in total. The van der Waals surface area contributed by atoms with Crippen molar-refractivity contribution >= 4 is 28.6 Å². The van der Waals surface area contributed by atoms with E-state index in [1.807, 2.05) is 19.1 Å². The number of aliphatic hydroxyl groups excluding tert-OH is 1. The number of benzene rings is 1. The van der Waals surface area contributed by atoms with E-state index in [-0.39, 0.29) is 12.6 Å². The maximum absolute atomic E-state index is 11.6. The van der Waals surface area contributed by atoms with E-state index in [1.165, 1.54) is 14.0 Å². The maximum atomic E-state index is 11.6. The average Bonchev–Trinajstić information content (AvgIpc) is 2.30. The summed E-state index contributed by atoms with van der Waals surface area (Å²) in [6, 6.07) is 5.93. The second kappa shape index (κ2) is 6.80. The fourth-order valence-electron chi connectivity index (χ4n) is 1.38. The summed E-state index contributed by atoms with van der Waals surface area (Å²) in [6.07, 6.45) is 0. The van der Waals surface area contributed by atoms with Crippen LogP contribution in [0.15, 0.2) is 18.2 Å². The number of nitrogens with zero attached hydrogens (tertiary/aromatic N) is 1. The van der Waals surface area contributed by atoms with Gasteiger partial charge in [0.1, 0.15) is 0 Å². The molecule has 1 aromatic rings. The molecule has 4 nitrogen and oxygen atoms in total. The normalized spacial score (nSPS) is 10.1. The van der Waals surface area contributed by atoms with Crippen LogP contribution in [-0.2, 0) is 6.54 Å². The molecular weight excluding hydrogens is 331 g/mol. The van der Waals surface area contributed by atoms with Crippen LogP contribution in [0.4, 0.5) is 4.79 Å². The Hall–Kier alpha value is -0.820. The third kappa shape index (κ3) is 4.51. The number of likely N-dealkylation sites (N-methyl/N-ethyl adjacent to an activating group) is 1. The van der Waals surface area contributed by atoms with Crippen LogP contribution in [0.25, 0.3) is 0 Å². The fourth-order valence-corrected chi connectivity index (χ4v) is 1.72. The number of carbonyl (C=O) groups excluding carboxylic acids is 1. The van der Waals surface area contributed by atoms with E-state index in [0.29, 0.717) is 13.1 Å². The van der Waals surface area contributed by atoms with Gasteiger partial charge in [-0.25, -0.2) is 4.79 Å². The molecule has 0 aliphatic rings. The zero-order chi connectivity index (χ0) is 12.8. The summed E-state index contributed by atoms with van der Waals surface area (Å²) in [5.41, 5.74) is 2.29. The number of carbonyl (C=O) groups is 1. The van der Waals surface area contributed by atoms with Crippen molar-refractivity contribution in [3.05, 3.63) is 32.9 Å². The molecule has 0 unspecified atom stereocenters. The quantitative estimate of drug-likeness (QED) is 0.815. The number of hydrogen-bond donors (Lipinski definition) is 2. The Morgan fingerprint density at radius 2 is 2.24 bits per heavy atom. The molecule has 0 aliphatic carbocycles. The number of halogens is 1. The molecule has 0 aliphatic heterocycles. The molecule has 0 aromatic heterocycles. The van der Waals surface area contributed by atoms with Crippen molar-refractivity contribution in [2.45, 2.75) is 13.5 Å². The number of aliphatic hydroxyl groups is 1. The Labute approximate surface area is 115 Å². The zero-order valence-corrected chi connectivity index (χ0v) is 12.2. The third-order valence-electron chi connectivity index (χ3n) is 2.45. The number of rotatable bonds is 4. The van der Waals surface area contributed by atoms with Gasteiger partial charge < -0.3 is 15.3 Å². The van der Waals surface area contributed by atoms with Gasteiger partial charge in [-0.1, -0.05) is 12.1 Å². The average molecular weight is 348 g/mol. The van der Waals surface area contributed by atoms with Crippen LogP contribution >= 0.6 is 22.6 Å². The predicted molar refractivity (Wildman–Crippen MR) is 75.8 cm³/mol. The number of amides is 2. The minimum atomic E-state index is -0.171. The summed E-state index contributed by atoms with van der Waals surface area (Å²) >= 11 is 2.28. The SMILES string of the molecule is Cc1cc(CNC(=O)N(C)CCO)ccc1I. The van der Waals surface area contributed by atoms with E-state index in [9.17, 15) is 4.79 Å². The van der Waals surface area contributed by atoms with E-state index >= 15 is 0 Å². The Morgan fingerprint density at radius 3 is 2.82 bits per heavy atom. The largest absolute Gasteiger partial charge is 0.395 e. The van der Waals surface area contributed by atoms with Crippen molar-refractivity contribution in [1.29, 1.82) is 0 Å². The van der Waals surface area contributed by atoms with Crippen molar-refractivity contribution in [2.24, 2.45) is 0 Å². The molecule has 0 heterocycles. The van der Waals surface area contributed by atoms with Gasteiger partial charge in [-0.05, 0) is 46.7 Å². The Kier molecular flexibility index (Phi) is 5.70. The highest BCUT2D eigenvalue weighted by Crippen LogP contribution is 2.13. The van der Waals surface area contributed by atoms with Crippen LogP contribution < -0.4 is 5.32 Å². The number of hydrogen-bond acceptors (Lipinski definition) is 2. The molecule has 0 saturated carbocycles. The smallest absolute Gasteiger partial charge is 0.317 e. The van der Waals surface area contributed by atoms with Gasteiger partial charge in [-0.3, -0.25) is 0 Å². The summed E-state index contributed by atoms with van der Waals surface area (Å²) in [5.74, 6) is 0. The summed E-state index contributed by atoms with van der Waals surface area (Å²) in [7, 11) is 1.66. The topological polar surface area (TPSA) is 52.6 Å². The van der Waals surface area contributed by atoms with Crippen LogP contribution in [0.2, 0.25) is 0 Å². The van der Waals surface area contributed by atoms with Crippen LogP contribution in [0.3, 0.4) is 0 Å². The summed E-state index contributed by atoms with van der Waals surface area (Å²) < 4.78 is 1.22. The monoisotopic (exact) mass is 348 g/mol. The molecular formula is C12H17IN2O2. The molecule has 0 atom stereocenters. The highest BCUT2D eigenvalue weighted by molar-refractivity contribution is 14.1. The molecule has 5 heteroatoms. The van der Waals surface area contributed by atoms with Crippen molar-refractivity contribution in [1.82, 2.24) is 10.2 Å². The third-order valence-corrected chi connectivity index (χ3v) is 3.66. The van der Waals surface area contributed by atoms with Gasteiger partial charge in [-0.2, -0.15) is 0 Å². The summed E-state index contributed by atoms with van der Waals surface area (Å²) in [4.78, 5) is 13.0. The molecule has 1 rings (SSSR count). The van der Waals surface area contributed by atoms with Crippen molar-refractivity contribution in [3.63, 3.8) is 0 Å². The molecule has 0 fully saturated rings. The standard InChI is InChI=1S/C12H17IN2O2/c1-9-7-10(3-4-11(9)13)8-14-12(17)15(2)5-6-16/h3-4,7,16H,5-6,8H2,1-2H3,(H,14,17). The molecule has 94 valence electrons. The van der Waals surface area contributed by atoms with E-state index in [2.05, 4.69) is 34.0 Å². The highest BCUT2D eigenvalue weighted by atomic mass is 127. The first-order valence-corrected chi connectivity index (χ1v) is 6.47. The minimum Gasteiger partial charge on any atom is -0.395 e. The first-order chi connectivity index (χ1) is 8.04. The molecule has 0 bridgehead atoms. The van der Waals surface area contributed by atoms with Crippen LogP contribution in [0, 0.1) is 10.5 Å². The number of urea groups is 1. The van der Waals surface area contributed by atoms with E-state index in [1.54, 1.807) is 7.05 Å². The molecule has 0 spiro atoms.